The molecule has 7 nitrogen and oxygen atoms in total. The predicted octanol–water partition coefficient (Wildman–Crippen LogP) is 6.72. The first-order valence-electron chi connectivity index (χ1n) is 12.0. The van der Waals surface area contributed by atoms with E-state index in [4.69, 9.17) is 16.7 Å². The summed E-state index contributed by atoms with van der Waals surface area (Å²) in [6.07, 6.45) is 3.00. The van der Waals surface area contributed by atoms with Gasteiger partial charge in [0.15, 0.2) is 0 Å². The SMILES string of the molecule is Cc1c(/C=C2\C(=O)Nc3ccc(C(=O)NC(CCI)c4ccc(Cl)cc4)cc32)[nH]c(CI)c1CCC(=O)O. The molecule has 1 aliphatic rings. The number of aromatic nitrogens is 1. The molecule has 4 rings (SSSR count). The van der Waals surface area contributed by atoms with Crippen LogP contribution in [0.1, 0.15) is 62.9 Å². The number of anilines is 1. The number of benzene rings is 2. The molecule has 0 saturated heterocycles. The highest BCUT2D eigenvalue weighted by Crippen LogP contribution is 2.35. The Morgan fingerprint density at radius 1 is 1.16 bits per heavy atom. The van der Waals surface area contributed by atoms with Crippen molar-refractivity contribution >= 4 is 91.9 Å². The van der Waals surface area contributed by atoms with Gasteiger partial charge < -0.3 is 20.7 Å². The Morgan fingerprint density at radius 2 is 1.89 bits per heavy atom. The van der Waals surface area contributed by atoms with Crippen LogP contribution >= 0.6 is 56.8 Å². The zero-order valence-electron chi connectivity index (χ0n) is 20.5. The summed E-state index contributed by atoms with van der Waals surface area (Å²) in [7, 11) is 0. The van der Waals surface area contributed by atoms with Gasteiger partial charge in [-0.05, 0) is 72.9 Å². The maximum absolute atomic E-state index is 13.3. The Bertz CT molecular complexity index is 1420. The molecule has 2 amide bonds. The van der Waals surface area contributed by atoms with E-state index in [1.165, 1.54) is 0 Å². The standard InChI is InChI=1S/C28H26ClI2N3O4/c1-15-19(7-9-26(35)36)25(14-31)32-24(15)13-21-20-12-17(4-8-23(20)34-28(21)38)27(37)33-22(10-11-30)16-2-5-18(29)6-3-16/h2-6,8,12-13,22,32H,7,9-11,14H2,1H3,(H,33,37)(H,34,38)(H,35,36)/b21-13-. The molecule has 1 aromatic heterocycles. The van der Waals surface area contributed by atoms with Gasteiger partial charge in [0.2, 0.25) is 0 Å². The number of rotatable bonds is 10. The molecule has 4 N–H and O–H groups in total. The highest BCUT2D eigenvalue weighted by atomic mass is 127. The van der Waals surface area contributed by atoms with Gasteiger partial charge in [-0.25, -0.2) is 0 Å². The first-order chi connectivity index (χ1) is 18.2. The highest BCUT2D eigenvalue weighted by molar-refractivity contribution is 14.1. The molecular weight excluding hydrogens is 732 g/mol. The van der Waals surface area contributed by atoms with Crippen LogP contribution < -0.4 is 10.6 Å². The van der Waals surface area contributed by atoms with Crippen molar-refractivity contribution in [1.82, 2.24) is 10.3 Å². The molecule has 2 aromatic carbocycles. The number of amides is 2. The van der Waals surface area contributed by atoms with E-state index in [1.54, 1.807) is 24.3 Å². The van der Waals surface area contributed by atoms with Gasteiger partial charge in [0.1, 0.15) is 0 Å². The summed E-state index contributed by atoms with van der Waals surface area (Å²) in [6, 6.07) is 12.5. The fourth-order valence-corrected chi connectivity index (χ4v) is 5.93. The van der Waals surface area contributed by atoms with Crippen molar-refractivity contribution < 1.29 is 19.5 Å². The summed E-state index contributed by atoms with van der Waals surface area (Å²) >= 11 is 10.6. The van der Waals surface area contributed by atoms with Gasteiger partial charge in [-0.1, -0.05) is 68.9 Å². The normalized spacial score (nSPS) is 14.3. The minimum Gasteiger partial charge on any atom is -0.481 e. The molecule has 0 aliphatic carbocycles. The molecule has 0 saturated carbocycles. The molecule has 198 valence electrons. The number of carbonyl (C=O) groups is 3. The van der Waals surface area contributed by atoms with Crippen LogP contribution in [0.25, 0.3) is 11.6 Å². The van der Waals surface area contributed by atoms with Crippen molar-refractivity contribution in [3.05, 3.63) is 86.7 Å². The molecule has 38 heavy (non-hydrogen) atoms. The van der Waals surface area contributed by atoms with Crippen molar-refractivity contribution in [3.63, 3.8) is 0 Å². The first kappa shape index (κ1) is 28.6. The van der Waals surface area contributed by atoms with E-state index in [1.807, 2.05) is 31.2 Å². The van der Waals surface area contributed by atoms with Crippen molar-refractivity contribution in [2.24, 2.45) is 0 Å². The number of halogens is 3. The van der Waals surface area contributed by atoms with Crippen LogP contribution in [0.2, 0.25) is 5.02 Å². The van der Waals surface area contributed by atoms with Gasteiger partial charge in [-0.15, -0.1) is 0 Å². The maximum atomic E-state index is 13.3. The van der Waals surface area contributed by atoms with Crippen molar-refractivity contribution in [3.8, 4) is 0 Å². The number of hydrogen-bond acceptors (Lipinski definition) is 3. The Kier molecular flexibility index (Phi) is 9.53. The molecule has 3 aromatic rings. The lowest BCUT2D eigenvalue weighted by atomic mass is 10.00. The van der Waals surface area contributed by atoms with Gasteiger partial charge in [-0.3, -0.25) is 14.4 Å². The fraction of sp³-hybridized carbons (Fsp3) is 0.250. The number of hydrogen-bond donors (Lipinski definition) is 4. The third-order valence-electron chi connectivity index (χ3n) is 6.56. The molecule has 10 heteroatoms. The number of carbonyl (C=O) groups excluding carboxylic acids is 2. The molecule has 0 spiro atoms. The number of carboxylic acids is 1. The number of aromatic amines is 1. The smallest absolute Gasteiger partial charge is 0.303 e. The largest absolute Gasteiger partial charge is 0.481 e. The number of aliphatic carboxylic acids is 1. The van der Waals surface area contributed by atoms with E-state index >= 15 is 0 Å². The molecule has 0 fully saturated rings. The van der Waals surface area contributed by atoms with E-state index < -0.39 is 5.97 Å². The molecule has 0 bridgehead atoms. The molecular formula is C28H26ClI2N3O4. The number of carboxylic acid groups (broad SMARTS) is 1. The first-order valence-corrected chi connectivity index (χ1v) is 15.4. The van der Waals surface area contributed by atoms with E-state index in [0.29, 0.717) is 38.3 Å². The minimum atomic E-state index is -0.850. The number of H-pyrrole nitrogens is 1. The summed E-state index contributed by atoms with van der Waals surface area (Å²) in [5.74, 6) is -1.33. The van der Waals surface area contributed by atoms with E-state index in [0.717, 1.165) is 38.9 Å². The van der Waals surface area contributed by atoms with Crippen molar-refractivity contribution in [1.29, 1.82) is 0 Å². The number of nitrogens with one attached hydrogen (secondary N) is 3. The van der Waals surface area contributed by atoms with E-state index in [9.17, 15) is 14.4 Å². The van der Waals surface area contributed by atoms with Crippen molar-refractivity contribution in [2.75, 3.05) is 9.74 Å². The van der Waals surface area contributed by atoms with Gasteiger partial charge in [0.05, 0.1) is 11.6 Å². The summed E-state index contributed by atoms with van der Waals surface area (Å²) < 4.78 is 1.56. The van der Waals surface area contributed by atoms with E-state index in [2.05, 4.69) is 60.8 Å². The highest BCUT2D eigenvalue weighted by Gasteiger charge is 2.27. The maximum Gasteiger partial charge on any atom is 0.303 e. The summed E-state index contributed by atoms with van der Waals surface area (Å²) in [5.41, 5.74) is 6.77. The van der Waals surface area contributed by atoms with Crippen LogP contribution in [-0.2, 0) is 20.4 Å². The topological polar surface area (TPSA) is 111 Å². The van der Waals surface area contributed by atoms with E-state index in [-0.39, 0.29) is 24.3 Å². The van der Waals surface area contributed by atoms with Gasteiger partial charge in [0.25, 0.3) is 11.8 Å². The molecule has 1 aliphatic heterocycles. The zero-order valence-corrected chi connectivity index (χ0v) is 25.6. The number of fused-ring (bicyclic) bond motifs is 1. The average molecular weight is 758 g/mol. The summed E-state index contributed by atoms with van der Waals surface area (Å²) in [4.78, 5) is 40.6. The Labute approximate surface area is 253 Å². The molecule has 0 radical (unpaired) electrons. The Balaban J connectivity index is 1.63. The summed E-state index contributed by atoms with van der Waals surface area (Å²) in [6.45, 7) is 1.93. The average Bonchev–Trinajstić information content (AvgIpc) is 3.37. The minimum absolute atomic E-state index is 0.0364. The third kappa shape index (κ3) is 6.42. The Hall–Kier alpha value is -2.38. The monoisotopic (exact) mass is 757 g/mol. The quantitative estimate of drug-likeness (QED) is 0.105. The second-order valence-corrected chi connectivity index (χ2v) is 11.3. The van der Waals surface area contributed by atoms with Gasteiger partial charge in [-0.2, -0.15) is 0 Å². The third-order valence-corrected chi connectivity index (χ3v) is 8.20. The van der Waals surface area contributed by atoms with Gasteiger partial charge >= 0.3 is 5.97 Å². The van der Waals surface area contributed by atoms with Gasteiger partial charge in [0, 0.05) is 48.5 Å². The number of alkyl halides is 2. The van der Waals surface area contributed by atoms with Crippen LogP contribution in [0.15, 0.2) is 42.5 Å². The molecule has 2 heterocycles. The second-order valence-electron chi connectivity index (χ2n) is 8.98. The second kappa shape index (κ2) is 12.6. The molecule has 1 unspecified atom stereocenters. The lowest BCUT2D eigenvalue weighted by molar-refractivity contribution is -0.137. The predicted molar refractivity (Wildman–Crippen MR) is 167 cm³/mol. The van der Waals surface area contributed by atoms with Crippen LogP contribution in [0.4, 0.5) is 5.69 Å². The van der Waals surface area contributed by atoms with Crippen LogP contribution in [0, 0.1) is 6.92 Å². The fourth-order valence-electron chi connectivity index (χ4n) is 4.53. The zero-order chi connectivity index (χ0) is 27.4. The van der Waals surface area contributed by atoms with Crippen LogP contribution in [-0.4, -0.2) is 32.3 Å². The Morgan fingerprint density at radius 3 is 2.55 bits per heavy atom. The lowest BCUT2D eigenvalue weighted by Gasteiger charge is -2.19. The van der Waals surface area contributed by atoms with Crippen molar-refractivity contribution in [2.45, 2.75) is 36.7 Å². The lowest BCUT2D eigenvalue weighted by Crippen LogP contribution is -2.28. The van der Waals surface area contributed by atoms with Crippen LogP contribution in [0.5, 0.6) is 0 Å². The van der Waals surface area contributed by atoms with Crippen LogP contribution in [0.3, 0.4) is 0 Å². The summed E-state index contributed by atoms with van der Waals surface area (Å²) in [5, 5.41) is 15.8. The molecule has 1 atom stereocenters.